The van der Waals surface area contributed by atoms with Crippen molar-refractivity contribution in [3.8, 4) is 5.69 Å². The minimum Gasteiger partial charge on any atom is -0.215 e. The number of hydrogen-bond acceptors (Lipinski definition) is 2. The van der Waals surface area contributed by atoms with Gasteiger partial charge >= 0.3 is 0 Å². The molecule has 0 saturated carbocycles. The van der Waals surface area contributed by atoms with Crippen molar-refractivity contribution in [1.29, 1.82) is 0 Å². The molecule has 0 saturated heterocycles. The van der Waals surface area contributed by atoms with Gasteiger partial charge in [-0.3, -0.25) is 0 Å². The summed E-state index contributed by atoms with van der Waals surface area (Å²) in [5.74, 6) is -0.375. The molecule has 0 bridgehead atoms. The molecule has 0 amide bonds. The predicted octanol–water partition coefficient (Wildman–Crippen LogP) is 1.71. The van der Waals surface area contributed by atoms with Gasteiger partial charge in [0.05, 0.1) is 13.2 Å². The quantitative estimate of drug-likeness (QED) is 0.665. The number of para-hydroxylation sites is 1. The van der Waals surface area contributed by atoms with Gasteiger partial charge in [-0.05, 0) is 19.1 Å². The highest BCUT2D eigenvalue weighted by molar-refractivity contribution is 5.33. The number of benzene rings is 1. The van der Waals surface area contributed by atoms with Crippen molar-refractivity contribution in [3.63, 3.8) is 0 Å². The summed E-state index contributed by atoms with van der Waals surface area (Å²) in [6.07, 6.45) is 0.0632. The van der Waals surface area contributed by atoms with Crippen LogP contribution in [0.1, 0.15) is 7.06 Å². The Bertz CT molecular complexity index is 467. The molecule has 2 rings (SSSR count). The van der Waals surface area contributed by atoms with Crippen LogP contribution in [0, 0.1) is 12.7 Å². The molecule has 0 aliphatic heterocycles. The molecule has 1 aromatic heterocycles. The molecule has 0 spiro atoms. The van der Waals surface area contributed by atoms with Crippen molar-refractivity contribution in [1.82, 2.24) is 15.0 Å². The van der Waals surface area contributed by atoms with E-state index in [4.69, 9.17) is 1.37 Å². The molecular formula is C9H8FN3. The number of aromatic nitrogens is 3. The van der Waals surface area contributed by atoms with Gasteiger partial charge in [-0.15, -0.1) is 5.10 Å². The second kappa shape index (κ2) is 2.97. The number of rotatable bonds is 1. The smallest absolute Gasteiger partial charge is 0.148 e. The fraction of sp³-hybridized carbons (Fsp3) is 0.111. The standard InChI is InChI=1S/C9H8FN3/c1-7-6-11-12-13(7)9-5-3-2-4-8(9)10/h2-6H,1H3/i6D. The average Bonchev–Trinajstić information content (AvgIpc) is 2.49. The van der Waals surface area contributed by atoms with E-state index in [0.717, 1.165) is 0 Å². The molecule has 0 fully saturated rings. The van der Waals surface area contributed by atoms with Crippen LogP contribution in [0.4, 0.5) is 4.39 Å². The lowest BCUT2D eigenvalue weighted by Gasteiger charge is -2.02. The van der Waals surface area contributed by atoms with Crippen LogP contribution >= 0.6 is 0 Å². The molecule has 66 valence electrons. The van der Waals surface area contributed by atoms with Gasteiger partial charge in [0.25, 0.3) is 0 Å². The molecule has 0 radical (unpaired) electrons. The molecule has 3 nitrogen and oxygen atoms in total. The van der Waals surface area contributed by atoms with Crippen LogP contribution < -0.4 is 0 Å². The molecule has 1 aromatic carbocycles. The zero-order valence-corrected chi connectivity index (χ0v) is 7.03. The van der Waals surface area contributed by atoms with E-state index in [0.29, 0.717) is 11.4 Å². The van der Waals surface area contributed by atoms with Crippen molar-refractivity contribution < 1.29 is 5.76 Å². The van der Waals surface area contributed by atoms with Gasteiger partial charge in [-0.2, -0.15) is 0 Å². The summed E-state index contributed by atoms with van der Waals surface area (Å²) >= 11 is 0. The fourth-order valence-corrected chi connectivity index (χ4v) is 1.11. The first-order chi connectivity index (χ1) is 6.70. The van der Waals surface area contributed by atoms with Crippen molar-refractivity contribution in [2.24, 2.45) is 0 Å². The third-order valence-corrected chi connectivity index (χ3v) is 1.74. The first kappa shape index (κ1) is 6.77. The third-order valence-electron chi connectivity index (χ3n) is 1.74. The molecule has 0 aliphatic carbocycles. The van der Waals surface area contributed by atoms with E-state index in [-0.39, 0.29) is 12.0 Å². The fourth-order valence-electron chi connectivity index (χ4n) is 1.11. The van der Waals surface area contributed by atoms with Crippen molar-refractivity contribution in [3.05, 3.63) is 41.9 Å². The molecule has 2 aromatic rings. The lowest BCUT2D eigenvalue weighted by atomic mass is 10.3. The van der Waals surface area contributed by atoms with Gasteiger partial charge in [-0.25, -0.2) is 9.07 Å². The minimum atomic E-state index is -0.375. The highest BCUT2D eigenvalue weighted by atomic mass is 19.1. The number of halogens is 1. The number of nitrogens with zero attached hydrogens (tertiary/aromatic N) is 3. The second-order valence-electron chi connectivity index (χ2n) is 2.65. The largest absolute Gasteiger partial charge is 0.215 e. The van der Waals surface area contributed by atoms with Gasteiger partial charge in [0.1, 0.15) is 11.5 Å². The molecule has 0 unspecified atom stereocenters. The average molecular weight is 178 g/mol. The van der Waals surface area contributed by atoms with Crippen LogP contribution in [0.2, 0.25) is 0 Å². The van der Waals surface area contributed by atoms with Gasteiger partial charge in [-0.1, -0.05) is 17.3 Å². The molecular weight excluding hydrogens is 169 g/mol. The maximum atomic E-state index is 13.3. The summed E-state index contributed by atoms with van der Waals surface area (Å²) < 4.78 is 22.0. The van der Waals surface area contributed by atoms with Crippen LogP contribution in [-0.4, -0.2) is 15.0 Å². The summed E-state index contributed by atoms with van der Waals surface area (Å²) in [6, 6.07) is 6.26. The van der Waals surface area contributed by atoms with Gasteiger partial charge in [0, 0.05) is 0 Å². The zero-order valence-electron chi connectivity index (χ0n) is 8.03. The molecule has 1 heterocycles. The van der Waals surface area contributed by atoms with Crippen molar-refractivity contribution in [2.45, 2.75) is 6.92 Å². The summed E-state index contributed by atoms with van der Waals surface area (Å²) in [4.78, 5) is 0. The third kappa shape index (κ3) is 1.30. The Balaban J connectivity index is 2.60. The Morgan fingerprint density at radius 1 is 1.46 bits per heavy atom. The van der Waals surface area contributed by atoms with E-state index >= 15 is 0 Å². The highest BCUT2D eigenvalue weighted by Crippen LogP contribution is 2.12. The molecule has 0 atom stereocenters. The van der Waals surface area contributed by atoms with Gasteiger partial charge in [0.15, 0.2) is 0 Å². The number of hydrogen-bond donors (Lipinski definition) is 0. The molecule has 13 heavy (non-hydrogen) atoms. The van der Waals surface area contributed by atoms with E-state index < -0.39 is 0 Å². The first-order valence-corrected chi connectivity index (χ1v) is 3.84. The SMILES string of the molecule is [2H]c1nnn(-c2ccccc2F)c1C. The van der Waals surface area contributed by atoms with E-state index in [1.807, 2.05) is 0 Å². The zero-order chi connectivity index (χ0) is 10.1. The highest BCUT2D eigenvalue weighted by Gasteiger charge is 2.05. The summed E-state index contributed by atoms with van der Waals surface area (Å²) in [6.45, 7) is 1.68. The predicted molar refractivity (Wildman–Crippen MR) is 46.1 cm³/mol. The molecule has 0 N–H and O–H groups in total. The lowest BCUT2D eigenvalue weighted by Crippen LogP contribution is -2.01. The first-order valence-electron chi connectivity index (χ1n) is 4.34. The summed E-state index contributed by atoms with van der Waals surface area (Å²) in [5, 5.41) is 7.23. The van der Waals surface area contributed by atoms with Crippen LogP contribution in [-0.2, 0) is 0 Å². The maximum Gasteiger partial charge on any atom is 0.148 e. The Hall–Kier alpha value is -1.71. The Morgan fingerprint density at radius 3 is 2.85 bits per heavy atom. The van der Waals surface area contributed by atoms with E-state index in [9.17, 15) is 4.39 Å². The summed E-state index contributed by atoms with van der Waals surface area (Å²) in [7, 11) is 0. The molecule has 0 aliphatic rings. The van der Waals surface area contributed by atoms with Crippen LogP contribution in [0.15, 0.2) is 30.4 Å². The molecule has 4 heteroatoms. The van der Waals surface area contributed by atoms with Crippen molar-refractivity contribution >= 4 is 0 Å². The van der Waals surface area contributed by atoms with E-state index in [2.05, 4.69) is 10.3 Å². The van der Waals surface area contributed by atoms with Crippen LogP contribution in [0.3, 0.4) is 0 Å². The van der Waals surface area contributed by atoms with Gasteiger partial charge < -0.3 is 0 Å². The Morgan fingerprint density at radius 2 is 2.23 bits per heavy atom. The second-order valence-corrected chi connectivity index (χ2v) is 2.65. The summed E-state index contributed by atoms with van der Waals surface area (Å²) in [5.41, 5.74) is 0.839. The Kier molecular flexibility index (Phi) is 1.55. The van der Waals surface area contributed by atoms with Crippen LogP contribution in [0.25, 0.3) is 5.69 Å². The van der Waals surface area contributed by atoms with E-state index in [1.54, 1.807) is 25.1 Å². The van der Waals surface area contributed by atoms with Crippen molar-refractivity contribution in [2.75, 3.05) is 0 Å². The van der Waals surface area contributed by atoms with Crippen LogP contribution in [0.5, 0.6) is 0 Å². The Labute approximate surface area is 76.2 Å². The lowest BCUT2D eigenvalue weighted by molar-refractivity contribution is 0.604. The van der Waals surface area contributed by atoms with Gasteiger partial charge in [0.2, 0.25) is 0 Å². The maximum absolute atomic E-state index is 13.3. The topological polar surface area (TPSA) is 30.7 Å². The normalized spacial score (nSPS) is 11.4. The van der Waals surface area contributed by atoms with E-state index in [1.165, 1.54) is 10.7 Å². The minimum absolute atomic E-state index is 0.0632. The monoisotopic (exact) mass is 178 g/mol.